The number of nitrogens with one attached hydrogen (secondary N) is 1. The fourth-order valence-electron chi connectivity index (χ4n) is 1.85. The van der Waals surface area contributed by atoms with Crippen molar-refractivity contribution in [1.29, 1.82) is 0 Å². The molecule has 1 N–H and O–H groups in total. The predicted molar refractivity (Wildman–Crippen MR) is 95.0 cm³/mol. The summed E-state index contributed by atoms with van der Waals surface area (Å²) in [6, 6.07) is 9.49. The van der Waals surface area contributed by atoms with Crippen molar-refractivity contribution < 1.29 is 4.74 Å². The molecule has 0 aromatic carbocycles. The van der Waals surface area contributed by atoms with Crippen molar-refractivity contribution in [2.24, 2.45) is 0 Å². The summed E-state index contributed by atoms with van der Waals surface area (Å²) < 4.78 is 5.02. The fraction of sp³-hybridized carbons (Fsp3) is 0.118. The van der Waals surface area contributed by atoms with Gasteiger partial charge in [-0.2, -0.15) is 0 Å². The molecule has 3 aromatic heterocycles. The molecule has 3 aromatic rings. The van der Waals surface area contributed by atoms with Crippen LogP contribution in [0, 0.1) is 0 Å². The number of fused-ring (bicyclic) bond motifs is 1. The Morgan fingerprint density at radius 2 is 2.09 bits per heavy atom. The smallest absolute Gasteiger partial charge is 0.161 e. The van der Waals surface area contributed by atoms with Crippen LogP contribution in [-0.4, -0.2) is 29.1 Å². The van der Waals surface area contributed by atoms with Crippen LogP contribution in [-0.2, 0) is 0 Å². The highest BCUT2D eigenvalue weighted by Gasteiger charge is 1.99. The van der Waals surface area contributed by atoms with E-state index in [2.05, 4.69) is 26.8 Å². The van der Waals surface area contributed by atoms with Crippen LogP contribution in [0.1, 0.15) is 5.56 Å². The van der Waals surface area contributed by atoms with E-state index in [9.17, 15) is 0 Å². The Hall–Kier alpha value is -2.66. The van der Waals surface area contributed by atoms with Crippen LogP contribution in [0.2, 0.25) is 5.15 Å². The van der Waals surface area contributed by atoms with Gasteiger partial charge in [0.2, 0.25) is 0 Å². The summed E-state index contributed by atoms with van der Waals surface area (Å²) >= 11 is 5.63. The van der Waals surface area contributed by atoms with Gasteiger partial charge in [0.25, 0.3) is 0 Å². The van der Waals surface area contributed by atoms with Crippen molar-refractivity contribution >= 4 is 34.5 Å². The van der Waals surface area contributed by atoms with E-state index in [1.54, 1.807) is 31.6 Å². The average Bonchev–Trinajstić information content (AvgIpc) is 2.61. The molecule has 118 valence electrons. The molecule has 0 aliphatic heterocycles. The molecule has 0 atom stereocenters. The first-order chi connectivity index (χ1) is 11.2. The van der Waals surface area contributed by atoms with Crippen LogP contribution in [0.4, 0.5) is 5.82 Å². The van der Waals surface area contributed by atoms with Crippen molar-refractivity contribution in [3.63, 3.8) is 0 Å². The summed E-state index contributed by atoms with van der Waals surface area (Å²) in [5.74, 6) is 1.54. The van der Waals surface area contributed by atoms with E-state index in [1.165, 1.54) is 0 Å². The fourth-order valence-corrected chi connectivity index (χ4v) is 1.99. The first kappa shape index (κ1) is 16.7. The Balaban J connectivity index is 0.000000168. The Kier molecular flexibility index (Phi) is 5.88. The van der Waals surface area contributed by atoms with Gasteiger partial charge in [-0.1, -0.05) is 24.3 Å². The minimum Gasteiger partial charge on any atom is -0.496 e. The van der Waals surface area contributed by atoms with Crippen molar-refractivity contribution in [2.75, 3.05) is 19.5 Å². The zero-order chi connectivity index (χ0) is 16.7. The van der Waals surface area contributed by atoms with Crippen LogP contribution in [0.5, 0.6) is 5.75 Å². The van der Waals surface area contributed by atoms with Crippen LogP contribution >= 0.6 is 11.6 Å². The molecule has 6 heteroatoms. The van der Waals surface area contributed by atoms with E-state index in [0.29, 0.717) is 10.9 Å². The molecule has 23 heavy (non-hydrogen) atoms. The Morgan fingerprint density at radius 3 is 2.78 bits per heavy atom. The molecule has 0 aliphatic rings. The Bertz CT molecular complexity index is 807. The molecule has 3 heterocycles. The molecule has 0 fully saturated rings. The number of halogens is 1. The highest BCUT2D eigenvalue weighted by Crippen LogP contribution is 2.21. The van der Waals surface area contributed by atoms with Gasteiger partial charge in [-0.3, -0.25) is 0 Å². The summed E-state index contributed by atoms with van der Waals surface area (Å²) in [6.45, 7) is 3.61. The molecule has 0 aliphatic carbocycles. The lowest BCUT2D eigenvalue weighted by Crippen LogP contribution is -1.92. The lowest BCUT2D eigenvalue weighted by Gasteiger charge is -2.02. The van der Waals surface area contributed by atoms with Gasteiger partial charge >= 0.3 is 0 Å². The van der Waals surface area contributed by atoms with Crippen LogP contribution in [0.25, 0.3) is 17.1 Å². The van der Waals surface area contributed by atoms with Crippen molar-refractivity contribution in [1.82, 2.24) is 15.0 Å². The van der Waals surface area contributed by atoms with Crippen molar-refractivity contribution in [3.05, 3.63) is 60.0 Å². The minimum absolute atomic E-state index is 0.424. The lowest BCUT2D eigenvalue weighted by atomic mass is 10.2. The largest absolute Gasteiger partial charge is 0.496 e. The first-order valence-corrected chi connectivity index (χ1v) is 7.27. The van der Waals surface area contributed by atoms with E-state index in [1.807, 2.05) is 31.3 Å². The second-order valence-corrected chi connectivity index (χ2v) is 4.84. The summed E-state index contributed by atoms with van der Waals surface area (Å²) in [5.41, 5.74) is 1.63. The molecule has 0 spiro atoms. The molecular weight excluding hydrogens is 312 g/mol. The highest BCUT2D eigenvalue weighted by molar-refractivity contribution is 6.29. The van der Waals surface area contributed by atoms with Gasteiger partial charge in [0.05, 0.1) is 7.11 Å². The summed E-state index contributed by atoms with van der Waals surface area (Å²) in [6.07, 6.45) is 5.03. The van der Waals surface area contributed by atoms with Gasteiger partial charge in [-0.05, 0) is 24.3 Å². The van der Waals surface area contributed by atoms with Crippen molar-refractivity contribution in [2.45, 2.75) is 0 Å². The Morgan fingerprint density at radius 1 is 1.26 bits per heavy atom. The second-order valence-electron chi connectivity index (χ2n) is 4.45. The highest BCUT2D eigenvalue weighted by atomic mass is 35.5. The molecule has 0 bridgehead atoms. The third-order valence-corrected chi connectivity index (χ3v) is 3.23. The normalized spacial score (nSPS) is 9.70. The molecule has 0 saturated carbocycles. The maximum absolute atomic E-state index is 5.63. The Labute approximate surface area is 140 Å². The van der Waals surface area contributed by atoms with Crippen molar-refractivity contribution in [3.8, 4) is 5.75 Å². The zero-order valence-electron chi connectivity index (χ0n) is 13.0. The van der Waals surface area contributed by atoms with Gasteiger partial charge in [0, 0.05) is 36.5 Å². The number of methoxy groups -OCH3 is 1. The van der Waals surface area contributed by atoms with E-state index in [-0.39, 0.29) is 0 Å². The van der Waals surface area contributed by atoms with Gasteiger partial charge in [-0.25, -0.2) is 15.0 Å². The number of aromatic nitrogens is 3. The predicted octanol–water partition coefficient (Wildman–Crippen LogP) is 4.06. The molecule has 0 radical (unpaired) electrons. The molecule has 5 nitrogen and oxygen atoms in total. The molecule has 0 unspecified atom stereocenters. The number of pyridine rings is 3. The van der Waals surface area contributed by atoms with E-state index in [4.69, 9.17) is 16.3 Å². The maximum atomic E-state index is 5.63. The maximum Gasteiger partial charge on any atom is 0.161 e. The summed E-state index contributed by atoms with van der Waals surface area (Å²) in [7, 11) is 3.43. The van der Waals surface area contributed by atoms with E-state index >= 15 is 0 Å². The number of nitrogens with zero attached hydrogens (tertiary/aromatic N) is 3. The van der Waals surface area contributed by atoms with Crippen LogP contribution in [0.15, 0.2) is 49.3 Å². The minimum atomic E-state index is 0.424. The van der Waals surface area contributed by atoms with E-state index in [0.717, 1.165) is 22.4 Å². The third-order valence-electron chi connectivity index (χ3n) is 3.02. The second kappa shape index (κ2) is 8.10. The quantitative estimate of drug-likeness (QED) is 0.735. The van der Waals surface area contributed by atoms with Crippen LogP contribution in [0.3, 0.4) is 0 Å². The average molecular weight is 329 g/mol. The first-order valence-electron chi connectivity index (χ1n) is 6.89. The standard InChI is InChI=1S/C9H9N3.C8H8ClNO/c1-10-8-5-4-7-3-2-6-11-9(7)12-8;1-3-6-5-10-8(9)4-7(6)11-2/h2-6H,1H3,(H,10,11,12);3-5H,1H2,2H3. The zero-order valence-corrected chi connectivity index (χ0v) is 13.7. The monoisotopic (exact) mass is 328 g/mol. The van der Waals surface area contributed by atoms with Gasteiger partial charge < -0.3 is 10.1 Å². The number of rotatable bonds is 3. The number of ether oxygens (including phenoxy) is 1. The summed E-state index contributed by atoms with van der Waals surface area (Å²) in [4.78, 5) is 12.3. The number of anilines is 1. The van der Waals surface area contributed by atoms with Gasteiger partial charge in [0.1, 0.15) is 16.7 Å². The lowest BCUT2D eigenvalue weighted by molar-refractivity contribution is 0.413. The molecule has 3 rings (SSSR count). The van der Waals surface area contributed by atoms with Gasteiger partial charge in [-0.15, -0.1) is 0 Å². The third kappa shape index (κ3) is 4.40. The van der Waals surface area contributed by atoms with Gasteiger partial charge in [0.15, 0.2) is 5.65 Å². The van der Waals surface area contributed by atoms with E-state index < -0.39 is 0 Å². The SMILES string of the molecule is C=Cc1cnc(Cl)cc1OC.CNc1ccc2cccnc2n1. The molecule has 0 amide bonds. The number of hydrogen-bond donors (Lipinski definition) is 1. The topological polar surface area (TPSA) is 59.9 Å². The number of hydrogen-bond acceptors (Lipinski definition) is 5. The molecular formula is C17H17ClN4O. The molecule has 0 saturated heterocycles. The van der Waals surface area contributed by atoms with Crippen LogP contribution < -0.4 is 10.1 Å². The summed E-state index contributed by atoms with van der Waals surface area (Å²) in [5, 5.41) is 4.46.